The van der Waals surface area contributed by atoms with Crippen molar-refractivity contribution in [1.82, 2.24) is 4.90 Å². The minimum Gasteiger partial charge on any atom is -0.465 e. The van der Waals surface area contributed by atoms with E-state index in [2.05, 4.69) is 11.8 Å². The number of ether oxygens (including phenoxy) is 1. The predicted octanol–water partition coefficient (Wildman–Crippen LogP) is 2.73. The molecule has 1 N–H and O–H groups in total. The summed E-state index contributed by atoms with van der Waals surface area (Å²) in [6, 6.07) is 4.01. The van der Waals surface area contributed by atoms with Gasteiger partial charge in [-0.15, -0.1) is 0 Å². The monoisotopic (exact) mass is 281 g/mol. The molecule has 0 spiro atoms. The molecule has 114 valence electrons. The first-order valence-electron chi connectivity index (χ1n) is 7.74. The second kappa shape index (κ2) is 7.81. The van der Waals surface area contributed by atoms with Crippen LogP contribution in [0.15, 0.2) is 16.5 Å². The summed E-state index contributed by atoms with van der Waals surface area (Å²) in [6.07, 6.45) is 4.17. The Morgan fingerprint density at radius 2 is 2.30 bits per heavy atom. The van der Waals surface area contributed by atoms with Gasteiger partial charge in [-0.2, -0.15) is 0 Å². The Kier molecular flexibility index (Phi) is 6.07. The van der Waals surface area contributed by atoms with E-state index in [-0.39, 0.29) is 6.10 Å². The number of aryl methyl sites for hydroxylation is 1. The molecule has 0 radical (unpaired) electrons. The summed E-state index contributed by atoms with van der Waals surface area (Å²) in [5, 5.41) is 10.1. The fourth-order valence-electron chi connectivity index (χ4n) is 2.79. The van der Waals surface area contributed by atoms with Gasteiger partial charge in [0, 0.05) is 19.7 Å². The third-order valence-corrected chi connectivity index (χ3v) is 3.75. The average molecular weight is 281 g/mol. The average Bonchev–Trinajstić information content (AvgIpc) is 3.01. The topological polar surface area (TPSA) is 45.8 Å². The van der Waals surface area contributed by atoms with E-state index in [9.17, 15) is 5.11 Å². The van der Waals surface area contributed by atoms with Crippen LogP contribution in [0.5, 0.6) is 0 Å². The van der Waals surface area contributed by atoms with Crippen LogP contribution >= 0.6 is 0 Å². The molecular formula is C16H27NO3. The number of hydrogen-bond donors (Lipinski definition) is 1. The van der Waals surface area contributed by atoms with Gasteiger partial charge in [0.05, 0.1) is 18.8 Å². The van der Waals surface area contributed by atoms with Crippen molar-refractivity contribution in [2.45, 2.75) is 58.3 Å². The highest BCUT2D eigenvalue weighted by atomic mass is 16.5. The summed E-state index contributed by atoms with van der Waals surface area (Å²) < 4.78 is 11.4. The van der Waals surface area contributed by atoms with Crippen molar-refractivity contribution in [3.05, 3.63) is 23.7 Å². The molecule has 1 aromatic heterocycles. The van der Waals surface area contributed by atoms with Gasteiger partial charge in [0.15, 0.2) is 0 Å². The van der Waals surface area contributed by atoms with Crippen molar-refractivity contribution in [1.29, 1.82) is 0 Å². The fraction of sp³-hybridized carbons (Fsp3) is 0.750. The number of hydrogen-bond acceptors (Lipinski definition) is 4. The maximum absolute atomic E-state index is 10.1. The standard InChI is InChI=1S/C16H27NO3/c1-3-5-14(18)10-17(11-15-6-4-9-19-15)12-16-8-7-13(2)20-16/h7-8,14-15,18H,3-6,9-12H2,1-2H3/t14-,15-/m1/s1. The molecule has 0 amide bonds. The van der Waals surface area contributed by atoms with Crippen LogP contribution in [-0.4, -0.2) is 41.9 Å². The Morgan fingerprint density at radius 3 is 2.90 bits per heavy atom. The van der Waals surface area contributed by atoms with Gasteiger partial charge in [-0.3, -0.25) is 4.90 Å². The molecule has 0 aromatic carbocycles. The molecule has 4 nitrogen and oxygen atoms in total. The molecule has 0 unspecified atom stereocenters. The van der Waals surface area contributed by atoms with Crippen molar-refractivity contribution in [2.24, 2.45) is 0 Å². The van der Waals surface area contributed by atoms with Crippen molar-refractivity contribution >= 4 is 0 Å². The second-order valence-corrected chi connectivity index (χ2v) is 5.78. The lowest BCUT2D eigenvalue weighted by atomic mass is 10.1. The van der Waals surface area contributed by atoms with E-state index in [1.807, 2.05) is 19.1 Å². The maximum Gasteiger partial charge on any atom is 0.118 e. The molecule has 1 aromatic rings. The minimum absolute atomic E-state index is 0.266. The first-order valence-corrected chi connectivity index (χ1v) is 7.74. The third-order valence-electron chi connectivity index (χ3n) is 3.75. The SMILES string of the molecule is CCC[C@@H](O)CN(Cc1ccc(C)o1)C[C@H]1CCCO1. The molecular weight excluding hydrogens is 254 g/mol. The summed E-state index contributed by atoms with van der Waals surface area (Å²) in [6.45, 7) is 7.24. The van der Waals surface area contributed by atoms with E-state index in [0.29, 0.717) is 12.6 Å². The number of aliphatic hydroxyl groups excluding tert-OH is 1. The Morgan fingerprint density at radius 1 is 1.45 bits per heavy atom. The summed E-state index contributed by atoms with van der Waals surface area (Å²) in [5.74, 6) is 1.90. The smallest absolute Gasteiger partial charge is 0.118 e. The van der Waals surface area contributed by atoms with Crippen molar-refractivity contribution < 1.29 is 14.3 Å². The van der Waals surface area contributed by atoms with Gasteiger partial charge >= 0.3 is 0 Å². The van der Waals surface area contributed by atoms with Crippen molar-refractivity contribution in [3.63, 3.8) is 0 Å². The summed E-state index contributed by atoms with van der Waals surface area (Å²) in [7, 11) is 0. The van der Waals surface area contributed by atoms with E-state index in [4.69, 9.17) is 9.15 Å². The van der Waals surface area contributed by atoms with Crippen LogP contribution in [0.2, 0.25) is 0 Å². The molecule has 1 aliphatic rings. The predicted molar refractivity (Wildman–Crippen MR) is 78.6 cm³/mol. The lowest BCUT2D eigenvalue weighted by Gasteiger charge is -2.26. The van der Waals surface area contributed by atoms with Crippen molar-refractivity contribution in [3.8, 4) is 0 Å². The van der Waals surface area contributed by atoms with Gasteiger partial charge in [-0.05, 0) is 38.3 Å². The highest BCUT2D eigenvalue weighted by Crippen LogP contribution is 2.17. The molecule has 0 aliphatic carbocycles. The van der Waals surface area contributed by atoms with Crippen molar-refractivity contribution in [2.75, 3.05) is 19.7 Å². The lowest BCUT2D eigenvalue weighted by molar-refractivity contribution is 0.0414. The maximum atomic E-state index is 10.1. The van der Waals surface area contributed by atoms with Crippen LogP contribution < -0.4 is 0 Å². The van der Waals surface area contributed by atoms with Gasteiger partial charge in [0.1, 0.15) is 11.5 Å². The normalized spacial score (nSPS) is 20.7. The minimum atomic E-state index is -0.266. The van der Waals surface area contributed by atoms with Gasteiger partial charge in [-0.1, -0.05) is 13.3 Å². The van der Waals surface area contributed by atoms with Crippen LogP contribution in [0, 0.1) is 6.92 Å². The number of furan rings is 1. The third kappa shape index (κ3) is 4.93. The molecule has 2 atom stereocenters. The van der Waals surface area contributed by atoms with E-state index >= 15 is 0 Å². The highest BCUT2D eigenvalue weighted by Gasteiger charge is 2.21. The van der Waals surface area contributed by atoms with Crippen LogP contribution in [0.4, 0.5) is 0 Å². The zero-order chi connectivity index (χ0) is 14.4. The quantitative estimate of drug-likeness (QED) is 0.796. The summed E-state index contributed by atoms with van der Waals surface area (Å²) >= 11 is 0. The summed E-state index contributed by atoms with van der Waals surface area (Å²) in [4.78, 5) is 2.26. The Hall–Kier alpha value is -0.840. The zero-order valence-electron chi connectivity index (χ0n) is 12.7. The first-order chi connectivity index (χ1) is 9.67. The summed E-state index contributed by atoms with van der Waals surface area (Å²) in [5.41, 5.74) is 0. The molecule has 2 heterocycles. The molecule has 1 fully saturated rings. The lowest BCUT2D eigenvalue weighted by Crippen LogP contribution is -2.37. The van der Waals surface area contributed by atoms with Gasteiger partial charge in [0.25, 0.3) is 0 Å². The van der Waals surface area contributed by atoms with Gasteiger partial charge in [0.2, 0.25) is 0 Å². The van der Waals surface area contributed by atoms with Crippen LogP contribution in [0.25, 0.3) is 0 Å². The molecule has 4 heteroatoms. The zero-order valence-corrected chi connectivity index (χ0v) is 12.7. The Labute approximate surface area is 121 Å². The van der Waals surface area contributed by atoms with E-state index < -0.39 is 0 Å². The van der Waals surface area contributed by atoms with Gasteiger partial charge < -0.3 is 14.3 Å². The Bertz CT molecular complexity index is 385. The largest absolute Gasteiger partial charge is 0.465 e. The molecule has 2 rings (SSSR count). The van der Waals surface area contributed by atoms with E-state index in [0.717, 1.165) is 56.9 Å². The second-order valence-electron chi connectivity index (χ2n) is 5.78. The van der Waals surface area contributed by atoms with Gasteiger partial charge in [-0.25, -0.2) is 0 Å². The Balaban J connectivity index is 1.91. The molecule has 0 bridgehead atoms. The number of rotatable bonds is 8. The van der Waals surface area contributed by atoms with E-state index in [1.165, 1.54) is 0 Å². The molecule has 0 saturated carbocycles. The van der Waals surface area contributed by atoms with Crippen LogP contribution in [-0.2, 0) is 11.3 Å². The highest BCUT2D eigenvalue weighted by molar-refractivity contribution is 5.05. The number of nitrogens with zero attached hydrogens (tertiary/aromatic N) is 1. The fourth-order valence-corrected chi connectivity index (χ4v) is 2.79. The van der Waals surface area contributed by atoms with Crippen LogP contribution in [0.3, 0.4) is 0 Å². The number of aliphatic hydroxyl groups is 1. The molecule has 1 aliphatic heterocycles. The molecule has 20 heavy (non-hydrogen) atoms. The first kappa shape index (κ1) is 15.5. The van der Waals surface area contributed by atoms with Crippen LogP contribution in [0.1, 0.15) is 44.1 Å². The molecule has 1 saturated heterocycles. The van der Waals surface area contributed by atoms with E-state index in [1.54, 1.807) is 0 Å².